The van der Waals surface area contributed by atoms with E-state index in [1.807, 2.05) is 67.8 Å². The van der Waals surface area contributed by atoms with Crippen molar-refractivity contribution >= 4 is 35.1 Å². The van der Waals surface area contributed by atoms with E-state index in [1.54, 1.807) is 23.3 Å². The maximum Gasteiger partial charge on any atom is 0.338 e. The summed E-state index contributed by atoms with van der Waals surface area (Å²) >= 11 is 2.96. The highest BCUT2D eigenvalue weighted by Gasteiger charge is 2.33. The van der Waals surface area contributed by atoms with Gasteiger partial charge in [-0.25, -0.2) is 9.79 Å². The van der Waals surface area contributed by atoms with E-state index in [2.05, 4.69) is 11.6 Å². The number of hydrogen-bond acceptors (Lipinski definition) is 6. The van der Waals surface area contributed by atoms with Crippen LogP contribution in [-0.4, -0.2) is 23.4 Å². The van der Waals surface area contributed by atoms with Crippen molar-refractivity contribution in [2.75, 3.05) is 12.9 Å². The van der Waals surface area contributed by atoms with Gasteiger partial charge in [0.05, 0.1) is 21.8 Å². The lowest BCUT2D eigenvalue weighted by Gasteiger charge is -2.24. The normalized spacial score (nSPS) is 15.7. The second-order valence-corrected chi connectivity index (χ2v) is 9.54. The smallest absolute Gasteiger partial charge is 0.338 e. The van der Waals surface area contributed by atoms with E-state index in [1.165, 1.54) is 17.4 Å². The molecule has 0 saturated heterocycles. The van der Waals surface area contributed by atoms with Gasteiger partial charge in [-0.2, -0.15) is 0 Å². The lowest BCUT2D eigenvalue weighted by molar-refractivity contribution is -0.138. The third-order valence-electron chi connectivity index (χ3n) is 5.38. The van der Waals surface area contributed by atoms with Gasteiger partial charge in [-0.15, -0.1) is 11.8 Å². The summed E-state index contributed by atoms with van der Waals surface area (Å²) < 4.78 is 7.54. The van der Waals surface area contributed by atoms with E-state index in [-0.39, 0.29) is 12.2 Å². The average Bonchev–Trinajstić information content (AvgIpc) is 3.12. The second kappa shape index (κ2) is 9.77. The zero-order valence-corrected chi connectivity index (χ0v) is 20.3. The monoisotopic (exact) mass is 476 g/mol. The Bertz CT molecular complexity index is 1410. The highest BCUT2D eigenvalue weighted by Crippen LogP contribution is 2.31. The molecule has 2 aromatic carbocycles. The van der Waals surface area contributed by atoms with E-state index in [9.17, 15) is 9.59 Å². The Balaban J connectivity index is 1.91. The first-order valence-electron chi connectivity index (χ1n) is 10.4. The Morgan fingerprint density at radius 2 is 1.88 bits per heavy atom. The van der Waals surface area contributed by atoms with Gasteiger partial charge in [0, 0.05) is 4.90 Å². The maximum atomic E-state index is 13.6. The SMILES string of the molecule is C=CCOC(=O)C1=C(C)N=c2sc(=Cc3ccc(C)cc3)c(=O)n2C1c1ccc(SC)cc1. The molecule has 0 bridgehead atoms. The summed E-state index contributed by atoms with van der Waals surface area (Å²) in [6.45, 7) is 7.51. The number of carbonyl (C=O) groups excluding carboxylic acids is 1. The molecule has 0 fully saturated rings. The zero-order chi connectivity index (χ0) is 23.5. The fraction of sp³-hybridized carbons (Fsp3) is 0.192. The minimum absolute atomic E-state index is 0.0889. The van der Waals surface area contributed by atoms with E-state index in [0.717, 1.165) is 21.6 Å². The number of benzene rings is 2. The minimum atomic E-state index is -0.616. The maximum absolute atomic E-state index is 13.6. The van der Waals surface area contributed by atoms with Gasteiger partial charge in [0.1, 0.15) is 6.61 Å². The third-order valence-corrected chi connectivity index (χ3v) is 7.11. The van der Waals surface area contributed by atoms with Crippen LogP contribution in [0.25, 0.3) is 6.08 Å². The number of hydrogen-bond donors (Lipinski definition) is 0. The number of fused-ring (bicyclic) bond motifs is 1. The Morgan fingerprint density at radius 1 is 1.18 bits per heavy atom. The highest BCUT2D eigenvalue weighted by molar-refractivity contribution is 7.98. The fourth-order valence-corrected chi connectivity index (χ4v) is 5.17. The second-order valence-electron chi connectivity index (χ2n) is 7.65. The molecule has 0 aliphatic carbocycles. The van der Waals surface area contributed by atoms with Gasteiger partial charge in [-0.3, -0.25) is 9.36 Å². The highest BCUT2D eigenvalue weighted by atomic mass is 32.2. The molecule has 33 heavy (non-hydrogen) atoms. The first-order chi connectivity index (χ1) is 15.9. The van der Waals surface area contributed by atoms with Crippen molar-refractivity contribution in [1.82, 2.24) is 4.57 Å². The number of nitrogens with zero attached hydrogens (tertiary/aromatic N) is 2. The van der Waals surface area contributed by atoms with Crippen molar-refractivity contribution in [2.45, 2.75) is 24.8 Å². The largest absolute Gasteiger partial charge is 0.458 e. The van der Waals surface area contributed by atoms with Crippen LogP contribution in [0.2, 0.25) is 0 Å². The summed E-state index contributed by atoms with van der Waals surface area (Å²) in [7, 11) is 0. The summed E-state index contributed by atoms with van der Waals surface area (Å²) in [5.74, 6) is -0.497. The standard InChI is InChI=1S/C26H24N2O3S2/c1-5-14-31-25(30)22-17(3)27-26-28(23(22)19-10-12-20(32-4)13-11-19)24(29)21(33-26)15-18-8-6-16(2)7-9-18/h5-13,15,23H,1,14H2,2-4H3. The number of thiazole rings is 1. The molecule has 3 aromatic rings. The summed E-state index contributed by atoms with van der Waals surface area (Å²) in [5.41, 5.74) is 3.65. The zero-order valence-electron chi connectivity index (χ0n) is 18.7. The number of allylic oxidation sites excluding steroid dienone is 1. The number of thioether (sulfide) groups is 1. The lowest BCUT2D eigenvalue weighted by Crippen LogP contribution is -2.39. The van der Waals surface area contributed by atoms with Crippen LogP contribution >= 0.6 is 23.1 Å². The molecule has 1 unspecified atom stereocenters. The van der Waals surface area contributed by atoms with Gasteiger partial charge in [0.2, 0.25) is 0 Å². The molecule has 5 nitrogen and oxygen atoms in total. The summed E-state index contributed by atoms with van der Waals surface area (Å²) in [6, 6.07) is 15.3. The molecule has 0 radical (unpaired) electrons. The van der Waals surface area contributed by atoms with E-state index in [0.29, 0.717) is 20.6 Å². The minimum Gasteiger partial charge on any atom is -0.458 e. The van der Waals surface area contributed by atoms with Gasteiger partial charge < -0.3 is 4.74 Å². The van der Waals surface area contributed by atoms with Crippen LogP contribution in [0.1, 0.15) is 29.7 Å². The lowest BCUT2D eigenvalue weighted by atomic mass is 9.96. The molecule has 1 aliphatic rings. The molecular weight excluding hydrogens is 452 g/mol. The molecule has 1 aromatic heterocycles. The predicted molar refractivity (Wildman–Crippen MR) is 134 cm³/mol. The molecule has 0 spiro atoms. The number of rotatable bonds is 6. The van der Waals surface area contributed by atoms with E-state index in [4.69, 9.17) is 4.74 Å². The Kier molecular flexibility index (Phi) is 6.81. The molecule has 7 heteroatoms. The fourth-order valence-electron chi connectivity index (χ4n) is 3.71. The summed E-state index contributed by atoms with van der Waals surface area (Å²) in [4.78, 5) is 32.9. The van der Waals surface area contributed by atoms with Crippen molar-refractivity contribution in [3.63, 3.8) is 0 Å². The topological polar surface area (TPSA) is 60.7 Å². The number of aromatic nitrogens is 1. The Morgan fingerprint density at radius 3 is 2.52 bits per heavy atom. The van der Waals surface area contributed by atoms with Crippen molar-refractivity contribution in [3.05, 3.63) is 109 Å². The van der Waals surface area contributed by atoms with Crippen LogP contribution < -0.4 is 14.9 Å². The van der Waals surface area contributed by atoms with Gasteiger partial charge in [0.15, 0.2) is 4.80 Å². The number of aryl methyl sites for hydroxylation is 1. The average molecular weight is 477 g/mol. The van der Waals surface area contributed by atoms with Crippen LogP contribution in [0.3, 0.4) is 0 Å². The number of carbonyl (C=O) groups is 1. The number of ether oxygens (including phenoxy) is 1. The predicted octanol–water partition coefficient (Wildman–Crippen LogP) is 3.99. The molecule has 0 saturated carbocycles. The van der Waals surface area contributed by atoms with Gasteiger partial charge in [-0.1, -0.05) is 66.0 Å². The van der Waals surface area contributed by atoms with Gasteiger partial charge in [0.25, 0.3) is 5.56 Å². The van der Waals surface area contributed by atoms with Crippen molar-refractivity contribution in [3.8, 4) is 0 Å². The van der Waals surface area contributed by atoms with E-state index < -0.39 is 12.0 Å². The molecule has 1 atom stereocenters. The quantitative estimate of drug-likeness (QED) is 0.307. The van der Waals surface area contributed by atoms with Crippen molar-refractivity contribution in [1.29, 1.82) is 0 Å². The van der Waals surface area contributed by atoms with Crippen molar-refractivity contribution < 1.29 is 9.53 Å². The Labute approximate surface area is 200 Å². The molecule has 1 aliphatic heterocycles. The summed E-state index contributed by atoms with van der Waals surface area (Å²) in [6.07, 6.45) is 5.39. The van der Waals surface area contributed by atoms with Gasteiger partial charge in [-0.05, 0) is 49.4 Å². The first kappa shape index (κ1) is 23.0. The van der Waals surface area contributed by atoms with Crippen LogP contribution in [0.4, 0.5) is 0 Å². The third kappa shape index (κ3) is 4.65. The molecule has 4 rings (SSSR count). The molecule has 0 N–H and O–H groups in total. The number of esters is 1. The Hall–Kier alpha value is -3.16. The van der Waals surface area contributed by atoms with Crippen molar-refractivity contribution in [2.24, 2.45) is 4.99 Å². The van der Waals surface area contributed by atoms with Crippen LogP contribution in [0, 0.1) is 6.92 Å². The van der Waals surface area contributed by atoms with Crippen LogP contribution in [0.15, 0.2) is 87.1 Å². The molecule has 0 amide bonds. The van der Waals surface area contributed by atoms with Gasteiger partial charge >= 0.3 is 5.97 Å². The van der Waals surface area contributed by atoms with Crippen LogP contribution in [0.5, 0.6) is 0 Å². The first-order valence-corrected chi connectivity index (χ1v) is 12.5. The molecule has 2 heterocycles. The molecular formula is C26H24N2O3S2. The molecule has 168 valence electrons. The summed E-state index contributed by atoms with van der Waals surface area (Å²) in [5, 5.41) is 0. The van der Waals surface area contributed by atoms with Crippen LogP contribution in [-0.2, 0) is 9.53 Å². The van der Waals surface area contributed by atoms with E-state index >= 15 is 0 Å².